The van der Waals surface area contributed by atoms with Gasteiger partial charge in [-0.2, -0.15) is 13.2 Å². The molecule has 0 fully saturated rings. The van der Waals surface area contributed by atoms with E-state index in [4.69, 9.17) is 5.73 Å². The normalized spacial score (nSPS) is 11.9. The fraction of sp³-hybridized carbons (Fsp3) is 0.308. The monoisotopic (exact) mass is 269 g/mol. The van der Waals surface area contributed by atoms with Crippen molar-refractivity contribution >= 4 is 0 Å². The highest BCUT2D eigenvalue weighted by Gasteiger charge is 2.33. The van der Waals surface area contributed by atoms with E-state index in [1.807, 2.05) is 13.8 Å². The first kappa shape index (κ1) is 13.6. The number of imidazole rings is 1. The van der Waals surface area contributed by atoms with E-state index in [2.05, 4.69) is 4.98 Å². The number of hydrogen-bond donors (Lipinski definition) is 1. The molecule has 3 nitrogen and oxygen atoms in total. The van der Waals surface area contributed by atoms with Gasteiger partial charge in [0, 0.05) is 17.9 Å². The van der Waals surface area contributed by atoms with E-state index in [-0.39, 0.29) is 12.1 Å². The molecular formula is C13H14F3N3. The molecule has 2 aromatic rings. The number of benzene rings is 1. The smallest absolute Gasteiger partial charge is 0.326 e. The SMILES string of the molecule is Cc1ncn(-c2ccc(CN)c(C(F)(F)F)c2)c1C. The summed E-state index contributed by atoms with van der Waals surface area (Å²) in [5.41, 5.74) is 6.78. The van der Waals surface area contributed by atoms with Gasteiger partial charge in [-0.1, -0.05) is 6.07 Å². The van der Waals surface area contributed by atoms with Crippen molar-refractivity contribution in [3.63, 3.8) is 0 Å². The number of rotatable bonds is 2. The molecule has 0 aliphatic heterocycles. The molecule has 0 aliphatic rings. The highest BCUT2D eigenvalue weighted by Crippen LogP contribution is 2.33. The molecule has 0 radical (unpaired) electrons. The van der Waals surface area contributed by atoms with Crippen LogP contribution in [0.15, 0.2) is 24.5 Å². The van der Waals surface area contributed by atoms with E-state index in [0.717, 1.165) is 17.5 Å². The summed E-state index contributed by atoms with van der Waals surface area (Å²) in [6.45, 7) is 3.48. The zero-order valence-electron chi connectivity index (χ0n) is 10.6. The Morgan fingerprint density at radius 1 is 1.26 bits per heavy atom. The lowest BCUT2D eigenvalue weighted by atomic mass is 10.1. The molecule has 0 saturated carbocycles. The molecule has 6 heteroatoms. The number of halogens is 3. The summed E-state index contributed by atoms with van der Waals surface area (Å²) in [6.07, 6.45) is -2.89. The van der Waals surface area contributed by atoms with Crippen molar-refractivity contribution in [1.29, 1.82) is 0 Å². The van der Waals surface area contributed by atoms with Crippen molar-refractivity contribution in [2.45, 2.75) is 26.6 Å². The molecule has 0 aliphatic carbocycles. The van der Waals surface area contributed by atoms with Crippen LogP contribution < -0.4 is 5.73 Å². The lowest BCUT2D eigenvalue weighted by Gasteiger charge is -2.14. The molecule has 1 heterocycles. The maximum atomic E-state index is 13.0. The second-order valence-electron chi connectivity index (χ2n) is 4.33. The second-order valence-corrected chi connectivity index (χ2v) is 4.33. The third-order valence-electron chi connectivity index (χ3n) is 3.15. The lowest BCUT2D eigenvalue weighted by Crippen LogP contribution is -2.13. The minimum absolute atomic E-state index is 0.0886. The molecule has 0 bridgehead atoms. The van der Waals surface area contributed by atoms with Gasteiger partial charge in [-0.3, -0.25) is 0 Å². The van der Waals surface area contributed by atoms with Crippen LogP contribution >= 0.6 is 0 Å². The van der Waals surface area contributed by atoms with Crippen LogP contribution in [-0.2, 0) is 12.7 Å². The molecule has 1 aromatic heterocycles. The van der Waals surface area contributed by atoms with Gasteiger partial charge in [0.25, 0.3) is 0 Å². The number of nitrogens with zero attached hydrogens (tertiary/aromatic N) is 2. The third-order valence-corrected chi connectivity index (χ3v) is 3.15. The zero-order valence-corrected chi connectivity index (χ0v) is 10.6. The summed E-state index contributed by atoms with van der Waals surface area (Å²) >= 11 is 0. The Morgan fingerprint density at radius 3 is 2.42 bits per heavy atom. The fourth-order valence-electron chi connectivity index (χ4n) is 1.92. The van der Waals surface area contributed by atoms with Gasteiger partial charge in [-0.25, -0.2) is 4.98 Å². The van der Waals surface area contributed by atoms with Gasteiger partial charge >= 0.3 is 6.18 Å². The summed E-state index contributed by atoms with van der Waals surface area (Å²) in [6, 6.07) is 4.13. The Hall–Kier alpha value is -1.82. The van der Waals surface area contributed by atoms with Crippen molar-refractivity contribution in [2.24, 2.45) is 5.73 Å². The maximum Gasteiger partial charge on any atom is 0.416 e. The number of nitrogens with two attached hydrogens (primary N) is 1. The molecule has 0 spiro atoms. The van der Waals surface area contributed by atoms with E-state index < -0.39 is 11.7 Å². The Kier molecular flexibility index (Phi) is 3.36. The minimum Gasteiger partial charge on any atom is -0.326 e. The molecule has 0 amide bonds. The van der Waals surface area contributed by atoms with Crippen LogP contribution in [-0.4, -0.2) is 9.55 Å². The van der Waals surface area contributed by atoms with E-state index in [1.54, 1.807) is 10.6 Å². The second kappa shape index (κ2) is 4.70. The first-order valence-corrected chi connectivity index (χ1v) is 5.75. The predicted molar refractivity (Wildman–Crippen MR) is 65.9 cm³/mol. The number of aryl methyl sites for hydroxylation is 1. The average Bonchev–Trinajstić information content (AvgIpc) is 2.68. The number of alkyl halides is 3. The molecule has 19 heavy (non-hydrogen) atoms. The standard InChI is InChI=1S/C13H14F3N3/c1-8-9(2)19(7-18-8)11-4-3-10(6-17)12(5-11)13(14,15)16/h3-5,7H,6,17H2,1-2H3. The van der Waals surface area contributed by atoms with Gasteiger partial charge in [-0.15, -0.1) is 0 Å². The topological polar surface area (TPSA) is 43.8 Å². The molecule has 2 N–H and O–H groups in total. The van der Waals surface area contributed by atoms with Crippen LogP contribution in [0.2, 0.25) is 0 Å². The Bertz CT molecular complexity index is 600. The molecular weight excluding hydrogens is 255 g/mol. The summed E-state index contributed by atoms with van der Waals surface area (Å²) in [4.78, 5) is 4.08. The minimum atomic E-state index is -4.41. The number of hydrogen-bond acceptors (Lipinski definition) is 2. The summed E-state index contributed by atoms with van der Waals surface area (Å²) < 4.78 is 40.5. The summed E-state index contributed by atoms with van der Waals surface area (Å²) in [5, 5.41) is 0. The highest BCUT2D eigenvalue weighted by atomic mass is 19.4. The van der Waals surface area contributed by atoms with Gasteiger partial charge in [0.2, 0.25) is 0 Å². The number of aromatic nitrogens is 2. The first-order valence-electron chi connectivity index (χ1n) is 5.75. The molecule has 1 aromatic carbocycles. The summed E-state index contributed by atoms with van der Waals surface area (Å²) in [5.74, 6) is 0. The van der Waals surface area contributed by atoms with Crippen molar-refractivity contribution < 1.29 is 13.2 Å². The van der Waals surface area contributed by atoms with Gasteiger partial charge in [0.05, 0.1) is 17.6 Å². The van der Waals surface area contributed by atoms with E-state index >= 15 is 0 Å². The highest BCUT2D eigenvalue weighted by molar-refractivity contribution is 5.43. The van der Waals surface area contributed by atoms with Crippen molar-refractivity contribution in [3.05, 3.63) is 47.0 Å². The van der Waals surface area contributed by atoms with Crippen LogP contribution in [0.5, 0.6) is 0 Å². The zero-order chi connectivity index (χ0) is 14.2. The van der Waals surface area contributed by atoms with Gasteiger partial charge in [-0.05, 0) is 31.5 Å². The van der Waals surface area contributed by atoms with Crippen LogP contribution in [0.4, 0.5) is 13.2 Å². The van der Waals surface area contributed by atoms with Gasteiger partial charge in [0.15, 0.2) is 0 Å². The van der Waals surface area contributed by atoms with E-state index in [1.165, 1.54) is 12.4 Å². The lowest BCUT2D eigenvalue weighted by molar-refractivity contribution is -0.138. The Balaban J connectivity index is 2.58. The largest absolute Gasteiger partial charge is 0.416 e. The van der Waals surface area contributed by atoms with Crippen LogP contribution in [0.1, 0.15) is 22.5 Å². The van der Waals surface area contributed by atoms with Crippen molar-refractivity contribution in [2.75, 3.05) is 0 Å². The molecule has 0 saturated heterocycles. The van der Waals surface area contributed by atoms with Crippen LogP contribution in [0, 0.1) is 13.8 Å². The van der Waals surface area contributed by atoms with Crippen molar-refractivity contribution in [3.8, 4) is 5.69 Å². The third kappa shape index (κ3) is 2.49. The maximum absolute atomic E-state index is 13.0. The molecule has 0 atom stereocenters. The Labute approximate surface area is 108 Å². The van der Waals surface area contributed by atoms with E-state index in [0.29, 0.717) is 5.69 Å². The average molecular weight is 269 g/mol. The predicted octanol–water partition coefficient (Wildman–Crippen LogP) is 2.97. The summed E-state index contributed by atoms with van der Waals surface area (Å²) in [7, 11) is 0. The van der Waals surface area contributed by atoms with Gasteiger partial charge in [0.1, 0.15) is 0 Å². The quantitative estimate of drug-likeness (QED) is 0.910. The van der Waals surface area contributed by atoms with E-state index in [9.17, 15) is 13.2 Å². The van der Waals surface area contributed by atoms with Crippen molar-refractivity contribution in [1.82, 2.24) is 9.55 Å². The molecule has 102 valence electrons. The molecule has 0 unspecified atom stereocenters. The molecule has 2 rings (SSSR count). The Morgan fingerprint density at radius 2 is 1.95 bits per heavy atom. The van der Waals surface area contributed by atoms with Crippen LogP contribution in [0.3, 0.4) is 0 Å². The first-order chi connectivity index (χ1) is 8.84. The van der Waals surface area contributed by atoms with Gasteiger partial charge < -0.3 is 10.3 Å². The van der Waals surface area contributed by atoms with Crippen LogP contribution in [0.25, 0.3) is 5.69 Å². The fourth-order valence-corrected chi connectivity index (χ4v) is 1.92.